The van der Waals surface area contributed by atoms with Crippen LogP contribution in [-0.4, -0.2) is 277 Å². The Kier molecular flexibility index (Phi) is 30.2. The first-order valence-corrected chi connectivity index (χ1v) is 34.9. The number of aliphatic hydroxyl groups excluding tert-OH is 8. The zero-order valence-electron chi connectivity index (χ0n) is 56.2. The highest BCUT2D eigenvalue weighted by Crippen LogP contribution is 2.34. The van der Waals surface area contributed by atoms with E-state index in [1.165, 1.54) is 42.5 Å². The van der Waals surface area contributed by atoms with Gasteiger partial charge in [-0.25, -0.2) is 5.26 Å². The van der Waals surface area contributed by atoms with Crippen LogP contribution in [0.2, 0.25) is 0 Å². The minimum atomic E-state index is -2.16. The van der Waals surface area contributed by atoms with Gasteiger partial charge in [0, 0.05) is 102 Å². The number of methoxy groups -OCH3 is 1. The maximum absolute atomic E-state index is 15.0. The SMILES string of the molecule is COCCCCCCCOc1ccc(-c2nnc(N3CCN(c4ccc(C(=O)N[C@H]5C[C@@H](O)CNC(=O)[C@@H]6[C@@H](O)[C@@H](C)CN6C(=O)[C@H]([C@H](O)CCNC(CO)CO)NC(=O)[C@H]([C@H](O)Cc6ccc(O)c(OSOOO)c6)NC(=O)[C@@H]6C[C@@H](O)CN6C(=O)[C@H]([C@@H](C)O)NC5=O)cc4)CC3)s2)cc1. The van der Waals surface area contributed by atoms with E-state index in [1.54, 1.807) is 19.2 Å². The van der Waals surface area contributed by atoms with E-state index in [0.29, 0.717) is 32.8 Å². The first kappa shape index (κ1) is 79.0. The standard InChI is InChI=1S/C65H92N12O22S2/c1-36-32-77-55(56(36)86)61(91)67-31-43(81)29-46(68-57(87)39-10-14-42(15-11-39)74-21-23-75(24-22-74)65-73-72-62(100-65)40-12-16-45(17-13-40)96-26-8-6-4-5-7-25-95-3)58(88)69-52(37(2)80)63(92)76-33-44(82)30-47(76)59(89)70-53(50(85)27-38-9-18-48(83)51(28-38)97-101-99-98-94)60(90)71-54(64(77)93)49(84)19-20-66-41(34-78)35-79/h9-18,28,36-37,41,43-44,46-47,49-50,52-56,66,78-86,94H,4-8,19-27,29-35H2,1-3H3,(H,67,91)(H,68,87)(H,69,88)(H,70,89)(H,71,90)/t36-,37+,43+,44+,46-,47-,49+,50+,52-,53-,54-,55-,56-/m0/s1. The van der Waals surface area contributed by atoms with Gasteiger partial charge in [0.2, 0.25) is 40.6 Å². The third kappa shape index (κ3) is 21.7. The average Bonchev–Trinajstić information content (AvgIpc) is 1.68. The van der Waals surface area contributed by atoms with Gasteiger partial charge in [0.15, 0.2) is 11.5 Å². The third-order valence-corrected chi connectivity index (χ3v) is 19.4. The third-order valence-electron chi connectivity index (χ3n) is 18.0. The van der Waals surface area contributed by atoms with E-state index in [1.807, 2.05) is 24.3 Å². The van der Waals surface area contributed by atoms with E-state index in [4.69, 9.17) is 18.9 Å². The zero-order valence-corrected chi connectivity index (χ0v) is 57.8. The van der Waals surface area contributed by atoms with Crippen LogP contribution in [0.3, 0.4) is 0 Å². The number of anilines is 2. The Morgan fingerprint density at radius 2 is 1.41 bits per heavy atom. The van der Waals surface area contributed by atoms with Gasteiger partial charge in [-0.2, -0.15) is 0 Å². The van der Waals surface area contributed by atoms with Gasteiger partial charge in [0.1, 0.15) is 47.0 Å². The Morgan fingerprint density at radius 1 is 0.743 bits per heavy atom. The Bertz CT molecular complexity index is 3350. The van der Waals surface area contributed by atoms with Gasteiger partial charge in [0.25, 0.3) is 18.2 Å². The number of aromatic nitrogens is 2. The number of benzene rings is 3. The van der Waals surface area contributed by atoms with Crippen LogP contribution in [0.4, 0.5) is 10.8 Å². The summed E-state index contributed by atoms with van der Waals surface area (Å²) in [4.78, 5) is 109. The molecule has 0 radical (unpaired) electrons. The number of unbranched alkanes of at least 4 members (excludes halogenated alkanes) is 4. The van der Waals surface area contributed by atoms with Crippen LogP contribution in [0, 0.1) is 5.92 Å². The lowest BCUT2D eigenvalue weighted by Crippen LogP contribution is -2.64. The summed E-state index contributed by atoms with van der Waals surface area (Å²) in [6, 6.07) is 5.53. The number of rotatable bonds is 29. The second-order valence-corrected chi connectivity index (χ2v) is 26.8. The number of fused-ring (bicyclic) bond motifs is 2. The van der Waals surface area contributed by atoms with Crippen molar-refractivity contribution < 1.29 is 108 Å². The molecule has 4 aromatic rings. The molecule has 0 saturated carbocycles. The largest absolute Gasteiger partial charge is 0.504 e. The van der Waals surface area contributed by atoms with Gasteiger partial charge in [-0.05, 0) is 99.0 Å². The highest BCUT2D eigenvalue weighted by molar-refractivity contribution is 7.90. The molecule has 36 heteroatoms. The molecule has 34 nitrogen and oxygen atoms in total. The summed E-state index contributed by atoms with van der Waals surface area (Å²) in [6.07, 6.45) is -7.24. The van der Waals surface area contributed by atoms with E-state index in [2.05, 4.69) is 61.3 Å². The molecule has 13 atom stereocenters. The Balaban J connectivity index is 1.01. The van der Waals surface area contributed by atoms with E-state index >= 15 is 4.79 Å². The maximum atomic E-state index is 15.0. The predicted octanol–water partition coefficient (Wildman–Crippen LogP) is -2.14. The van der Waals surface area contributed by atoms with Crippen molar-refractivity contribution in [3.63, 3.8) is 0 Å². The van der Waals surface area contributed by atoms with Crippen molar-refractivity contribution in [2.45, 2.75) is 151 Å². The monoisotopic (exact) mass is 1460 g/mol. The van der Waals surface area contributed by atoms with Crippen LogP contribution >= 0.6 is 23.7 Å². The predicted molar refractivity (Wildman–Crippen MR) is 363 cm³/mol. The fraction of sp³-hybridized carbons (Fsp3) is 0.585. The number of hydrogen-bond acceptors (Lipinski definition) is 29. The van der Waals surface area contributed by atoms with Gasteiger partial charge < -0.3 is 111 Å². The van der Waals surface area contributed by atoms with Crippen molar-refractivity contribution in [1.29, 1.82) is 0 Å². The number of ether oxygens (including phenoxy) is 2. The van der Waals surface area contributed by atoms with Crippen LogP contribution in [0.5, 0.6) is 17.2 Å². The van der Waals surface area contributed by atoms with Crippen LogP contribution in [0.1, 0.15) is 81.1 Å². The lowest BCUT2D eigenvalue weighted by atomic mass is 9.98. The van der Waals surface area contributed by atoms with Gasteiger partial charge in [-0.15, -0.1) is 10.2 Å². The number of nitrogens with zero attached hydrogens (tertiary/aromatic N) is 6. The molecule has 0 aliphatic carbocycles. The summed E-state index contributed by atoms with van der Waals surface area (Å²) in [6.45, 7) is 3.48. The molecule has 0 spiro atoms. The molecule has 4 aliphatic rings. The van der Waals surface area contributed by atoms with Crippen molar-refractivity contribution in [2.24, 2.45) is 5.92 Å². The van der Waals surface area contributed by atoms with E-state index in [0.717, 1.165) is 88.6 Å². The molecule has 556 valence electrons. The summed E-state index contributed by atoms with van der Waals surface area (Å²) in [5.74, 6) is -8.76. The van der Waals surface area contributed by atoms with E-state index in [-0.39, 0.29) is 42.3 Å². The zero-order chi connectivity index (χ0) is 72.9. The number of amides is 7. The molecular formula is C65H92N12O22S2. The average molecular weight is 1460 g/mol. The van der Waals surface area contributed by atoms with E-state index < -0.39 is 184 Å². The number of hydrogen-bond donors (Lipinski definition) is 16. The number of nitrogens with one attached hydrogen (secondary N) is 6. The lowest BCUT2D eigenvalue weighted by Gasteiger charge is -2.35. The fourth-order valence-corrected chi connectivity index (χ4v) is 13.5. The van der Waals surface area contributed by atoms with E-state index in [9.17, 15) is 74.7 Å². The molecule has 7 amide bonds. The number of β-amino-alcohol motifs (C(OH)–C–C–N with tert-alkyl or cyclic N) is 1. The second kappa shape index (κ2) is 38.6. The normalized spacial score (nSPS) is 24.6. The molecule has 0 unspecified atom stereocenters. The Labute approximate surface area is 590 Å². The number of carbonyl (C=O) groups is 7. The number of aliphatic hydroxyl groups is 8. The van der Waals surface area contributed by atoms with Crippen LogP contribution in [0.15, 0.2) is 66.7 Å². The fourth-order valence-electron chi connectivity index (χ4n) is 12.3. The molecule has 8 rings (SSSR count). The summed E-state index contributed by atoms with van der Waals surface area (Å²) in [5, 5.41) is 137. The summed E-state index contributed by atoms with van der Waals surface area (Å²) >= 11 is 1.54. The molecule has 5 heterocycles. The van der Waals surface area contributed by atoms with Gasteiger partial charge in [-0.3, -0.25) is 33.6 Å². The molecule has 4 saturated heterocycles. The van der Waals surface area contributed by atoms with Crippen LogP contribution < -0.4 is 50.6 Å². The molecule has 16 N–H and O–H groups in total. The summed E-state index contributed by atoms with van der Waals surface area (Å²) in [7, 11) is 1.71. The number of aromatic hydroxyl groups is 1. The van der Waals surface area contributed by atoms with Crippen molar-refractivity contribution in [1.82, 2.24) is 51.9 Å². The molecule has 0 bridgehead atoms. The highest BCUT2D eigenvalue weighted by Gasteiger charge is 2.50. The Hall–Kier alpha value is -7.66. The molecule has 101 heavy (non-hydrogen) atoms. The molecular weight excluding hydrogens is 1360 g/mol. The highest BCUT2D eigenvalue weighted by atomic mass is 32.2. The molecule has 4 fully saturated rings. The van der Waals surface area contributed by atoms with Crippen LogP contribution in [0.25, 0.3) is 10.6 Å². The number of phenolic OH excluding ortho intramolecular Hbond substituents is 1. The topological polar surface area (TPSA) is 479 Å². The molecule has 3 aromatic carbocycles. The summed E-state index contributed by atoms with van der Waals surface area (Å²) < 4.78 is 20.5. The number of carbonyl (C=O) groups excluding carboxylic acids is 7. The van der Waals surface area contributed by atoms with Gasteiger partial charge >= 0.3 is 0 Å². The van der Waals surface area contributed by atoms with Gasteiger partial charge in [0.05, 0.1) is 62.5 Å². The van der Waals surface area contributed by atoms with Crippen molar-refractivity contribution in [2.75, 3.05) is 95.7 Å². The molecule has 1 aromatic heterocycles. The molecule has 4 aliphatic heterocycles. The maximum Gasteiger partial charge on any atom is 0.261 e. The van der Waals surface area contributed by atoms with Crippen molar-refractivity contribution >= 4 is 75.8 Å². The quantitative estimate of drug-likeness (QED) is 0.0119. The first-order valence-electron chi connectivity index (χ1n) is 33.5. The lowest BCUT2D eigenvalue weighted by molar-refractivity contribution is -0.433. The second-order valence-electron chi connectivity index (χ2n) is 25.4. The summed E-state index contributed by atoms with van der Waals surface area (Å²) in [5.41, 5.74) is 1.85. The number of phenols is 1. The Morgan fingerprint density at radius 3 is 2.09 bits per heavy atom. The minimum absolute atomic E-state index is 0.0595. The smallest absolute Gasteiger partial charge is 0.261 e. The van der Waals surface area contributed by atoms with Crippen molar-refractivity contribution in [3.05, 3.63) is 77.9 Å². The van der Waals surface area contributed by atoms with Gasteiger partial charge in [-0.1, -0.05) is 53.0 Å². The first-order chi connectivity index (χ1) is 48.5. The number of piperazine rings is 1. The van der Waals surface area contributed by atoms with Crippen LogP contribution in [-0.2, 0) is 49.3 Å². The minimum Gasteiger partial charge on any atom is -0.504 e. The van der Waals surface area contributed by atoms with Crippen molar-refractivity contribution in [3.8, 4) is 27.8 Å².